The van der Waals surface area contributed by atoms with Gasteiger partial charge < -0.3 is 4.74 Å². The van der Waals surface area contributed by atoms with Gasteiger partial charge in [0.15, 0.2) is 0 Å². The van der Waals surface area contributed by atoms with Crippen LogP contribution in [0.2, 0.25) is 0 Å². The van der Waals surface area contributed by atoms with Crippen molar-refractivity contribution in [1.29, 1.82) is 0 Å². The van der Waals surface area contributed by atoms with Gasteiger partial charge in [0.05, 0.1) is 18.9 Å². The fourth-order valence-corrected chi connectivity index (χ4v) is 4.25. The molecular weight excluding hydrogens is 328 g/mol. The number of nitrogens with zero attached hydrogens (tertiary/aromatic N) is 2. The van der Waals surface area contributed by atoms with E-state index in [9.17, 15) is 9.59 Å². The second-order valence-corrected chi connectivity index (χ2v) is 7.00. The van der Waals surface area contributed by atoms with E-state index in [2.05, 4.69) is 17.0 Å². The van der Waals surface area contributed by atoms with E-state index in [-0.39, 0.29) is 29.7 Å². The molecule has 0 radical (unpaired) electrons. The van der Waals surface area contributed by atoms with E-state index in [0.717, 1.165) is 17.9 Å². The minimum Gasteiger partial charge on any atom is -0.497 e. The van der Waals surface area contributed by atoms with E-state index in [0.29, 0.717) is 6.54 Å². The molecule has 134 valence electrons. The van der Waals surface area contributed by atoms with Gasteiger partial charge in [-0.25, -0.2) is 0 Å². The van der Waals surface area contributed by atoms with Crippen molar-refractivity contribution in [2.75, 3.05) is 20.7 Å². The minimum absolute atomic E-state index is 0.0610. The van der Waals surface area contributed by atoms with Crippen LogP contribution in [0.4, 0.5) is 0 Å². The molecule has 2 aliphatic heterocycles. The van der Waals surface area contributed by atoms with Gasteiger partial charge in [-0.2, -0.15) is 0 Å². The third kappa shape index (κ3) is 2.69. The first-order valence-corrected chi connectivity index (χ1v) is 8.83. The molecule has 5 heteroatoms. The van der Waals surface area contributed by atoms with Crippen molar-refractivity contribution in [3.8, 4) is 5.75 Å². The predicted octanol–water partition coefficient (Wildman–Crippen LogP) is 2.48. The maximum atomic E-state index is 12.8. The van der Waals surface area contributed by atoms with Crippen LogP contribution in [0.3, 0.4) is 0 Å². The van der Waals surface area contributed by atoms with E-state index in [4.69, 9.17) is 4.74 Å². The molecule has 2 amide bonds. The molecule has 0 saturated carbocycles. The first kappa shape index (κ1) is 16.8. The Morgan fingerprint density at radius 3 is 2.35 bits per heavy atom. The summed E-state index contributed by atoms with van der Waals surface area (Å²) in [5.74, 6) is 0.0715. The quantitative estimate of drug-likeness (QED) is 0.795. The number of imide groups is 1. The van der Waals surface area contributed by atoms with Crippen LogP contribution >= 0.6 is 0 Å². The second kappa shape index (κ2) is 6.57. The minimum atomic E-state index is -0.315. The number of carbonyl (C=O) groups excluding carboxylic acids is 2. The molecule has 2 fully saturated rings. The van der Waals surface area contributed by atoms with Crippen molar-refractivity contribution >= 4 is 11.8 Å². The Hall–Kier alpha value is -2.66. The Balaban J connectivity index is 1.70. The molecule has 26 heavy (non-hydrogen) atoms. The summed E-state index contributed by atoms with van der Waals surface area (Å²) >= 11 is 0. The van der Waals surface area contributed by atoms with Crippen molar-refractivity contribution in [1.82, 2.24) is 9.80 Å². The fraction of sp³-hybridized carbons (Fsp3) is 0.333. The summed E-state index contributed by atoms with van der Waals surface area (Å²) in [5.41, 5.74) is 2.23. The van der Waals surface area contributed by atoms with Gasteiger partial charge in [-0.15, -0.1) is 0 Å². The highest BCUT2D eigenvalue weighted by Gasteiger charge is 2.56. The van der Waals surface area contributed by atoms with Crippen LogP contribution in [0.5, 0.6) is 5.75 Å². The lowest BCUT2D eigenvalue weighted by molar-refractivity contribution is -0.139. The number of fused-ring (bicyclic) bond motifs is 1. The predicted molar refractivity (Wildman–Crippen MR) is 97.3 cm³/mol. The molecule has 0 spiro atoms. The number of carbonyl (C=O) groups is 2. The van der Waals surface area contributed by atoms with Crippen LogP contribution in [-0.4, -0.2) is 42.3 Å². The topological polar surface area (TPSA) is 49.9 Å². The smallest absolute Gasteiger partial charge is 0.234 e. The van der Waals surface area contributed by atoms with Gasteiger partial charge >= 0.3 is 0 Å². The SMILES string of the molecule is COc1ccc([C@@H]2[C@@H]3C(=O)N(C)C(=O)[C@@H]3CN2Cc2ccccc2)cc1. The summed E-state index contributed by atoms with van der Waals surface area (Å²) in [6.07, 6.45) is 0. The molecule has 0 bridgehead atoms. The first-order chi connectivity index (χ1) is 12.6. The lowest BCUT2D eigenvalue weighted by Gasteiger charge is -2.28. The Labute approximate surface area is 153 Å². The number of ether oxygens (including phenoxy) is 1. The summed E-state index contributed by atoms with van der Waals surface area (Å²) in [4.78, 5) is 28.8. The van der Waals surface area contributed by atoms with Gasteiger partial charge in [0, 0.05) is 26.2 Å². The van der Waals surface area contributed by atoms with Gasteiger partial charge in [0.1, 0.15) is 5.75 Å². The van der Waals surface area contributed by atoms with Crippen LogP contribution in [0.1, 0.15) is 17.2 Å². The molecule has 2 aromatic rings. The maximum Gasteiger partial charge on any atom is 0.234 e. The molecule has 0 unspecified atom stereocenters. The van der Waals surface area contributed by atoms with Crippen molar-refractivity contribution < 1.29 is 14.3 Å². The molecule has 2 aromatic carbocycles. The van der Waals surface area contributed by atoms with Gasteiger partial charge in [0.25, 0.3) is 0 Å². The lowest BCUT2D eigenvalue weighted by Crippen LogP contribution is -2.34. The highest BCUT2D eigenvalue weighted by atomic mass is 16.5. The molecule has 2 saturated heterocycles. The van der Waals surface area contributed by atoms with Crippen molar-refractivity contribution in [2.45, 2.75) is 12.6 Å². The van der Waals surface area contributed by atoms with Crippen molar-refractivity contribution in [2.24, 2.45) is 11.8 Å². The van der Waals surface area contributed by atoms with Gasteiger partial charge in [0.2, 0.25) is 11.8 Å². The van der Waals surface area contributed by atoms with E-state index in [1.807, 2.05) is 42.5 Å². The number of methoxy groups -OCH3 is 1. The number of benzene rings is 2. The lowest BCUT2D eigenvalue weighted by atomic mass is 9.88. The zero-order valence-corrected chi connectivity index (χ0v) is 15.0. The fourth-order valence-electron chi connectivity index (χ4n) is 4.25. The highest BCUT2D eigenvalue weighted by molar-refractivity contribution is 6.05. The summed E-state index contributed by atoms with van der Waals surface area (Å²) in [5, 5.41) is 0. The zero-order chi connectivity index (χ0) is 18.3. The average molecular weight is 350 g/mol. The van der Waals surface area contributed by atoms with Crippen molar-refractivity contribution in [3.63, 3.8) is 0 Å². The Bertz CT molecular complexity index is 819. The Morgan fingerprint density at radius 1 is 1.00 bits per heavy atom. The monoisotopic (exact) mass is 350 g/mol. The molecule has 0 aromatic heterocycles. The van der Waals surface area contributed by atoms with Gasteiger partial charge in [-0.3, -0.25) is 19.4 Å². The molecule has 2 aliphatic rings. The second-order valence-electron chi connectivity index (χ2n) is 7.00. The molecular formula is C21H22N2O3. The van der Waals surface area contributed by atoms with Gasteiger partial charge in [-0.05, 0) is 23.3 Å². The van der Waals surface area contributed by atoms with E-state index >= 15 is 0 Å². The number of hydrogen-bond donors (Lipinski definition) is 0. The van der Waals surface area contributed by atoms with Crippen LogP contribution in [0.15, 0.2) is 54.6 Å². The van der Waals surface area contributed by atoms with E-state index in [1.165, 1.54) is 10.5 Å². The standard InChI is InChI=1S/C21H22N2O3/c1-22-20(24)17-13-23(12-14-6-4-3-5-7-14)19(18(17)21(22)25)15-8-10-16(26-2)11-9-15/h3-11,17-19H,12-13H2,1-2H3/t17-,18-,19-/m1/s1. The molecule has 0 N–H and O–H groups in total. The summed E-state index contributed by atoms with van der Waals surface area (Å²) < 4.78 is 5.25. The summed E-state index contributed by atoms with van der Waals surface area (Å²) in [6, 6.07) is 17.9. The zero-order valence-electron chi connectivity index (χ0n) is 15.0. The normalized spacial score (nSPS) is 25.6. The molecule has 5 nitrogen and oxygen atoms in total. The maximum absolute atomic E-state index is 12.8. The highest BCUT2D eigenvalue weighted by Crippen LogP contribution is 2.46. The summed E-state index contributed by atoms with van der Waals surface area (Å²) in [6.45, 7) is 1.32. The van der Waals surface area contributed by atoms with Crippen LogP contribution in [0, 0.1) is 11.8 Å². The van der Waals surface area contributed by atoms with E-state index in [1.54, 1.807) is 14.2 Å². The first-order valence-electron chi connectivity index (χ1n) is 8.83. The summed E-state index contributed by atoms with van der Waals surface area (Å²) in [7, 11) is 3.23. The molecule has 3 atom stereocenters. The Kier molecular flexibility index (Phi) is 4.24. The Morgan fingerprint density at radius 2 is 1.69 bits per heavy atom. The molecule has 0 aliphatic carbocycles. The van der Waals surface area contributed by atoms with Crippen LogP contribution < -0.4 is 4.74 Å². The molecule has 2 heterocycles. The number of amides is 2. The van der Waals surface area contributed by atoms with Crippen LogP contribution in [0.25, 0.3) is 0 Å². The average Bonchev–Trinajstić information content (AvgIpc) is 3.14. The number of rotatable bonds is 4. The van der Waals surface area contributed by atoms with Gasteiger partial charge in [-0.1, -0.05) is 42.5 Å². The molecule has 4 rings (SSSR count). The largest absolute Gasteiger partial charge is 0.497 e. The van der Waals surface area contributed by atoms with E-state index < -0.39 is 0 Å². The number of hydrogen-bond acceptors (Lipinski definition) is 4. The van der Waals surface area contributed by atoms with Crippen molar-refractivity contribution in [3.05, 3.63) is 65.7 Å². The third-order valence-corrected chi connectivity index (χ3v) is 5.55. The van der Waals surface area contributed by atoms with Crippen LogP contribution in [-0.2, 0) is 16.1 Å². The third-order valence-electron chi connectivity index (χ3n) is 5.55. The number of likely N-dealkylation sites (tertiary alicyclic amines) is 2.